The van der Waals surface area contributed by atoms with Gasteiger partial charge in [0.15, 0.2) is 0 Å². The molecule has 1 aliphatic heterocycles. The third kappa shape index (κ3) is 2.43. The van der Waals surface area contributed by atoms with E-state index in [1.54, 1.807) is 0 Å². The third-order valence-electron chi connectivity index (χ3n) is 3.27. The van der Waals surface area contributed by atoms with Crippen molar-refractivity contribution < 1.29 is 9.84 Å². The molecule has 0 spiro atoms. The molecule has 1 atom stereocenters. The maximum absolute atomic E-state index is 9.32. The lowest BCUT2D eigenvalue weighted by molar-refractivity contribution is 0.0195. The van der Waals surface area contributed by atoms with Crippen LogP contribution in [0.15, 0.2) is 24.3 Å². The second kappa shape index (κ2) is 5.43. The molecular formula is C13H19NO2. The van der Waals surface area contributed by atoms with Gasteiger partial charge >= 0.3 is 0 Å². The summed E-state index contributed by atoms with van der Waals surface area (Å²) in [5.74, 6) is 0. The van der Waals surface area contributed by atoms with E-state index in [0.29, 0.717) is 6.04 Å². The second-order valence-electron chi connectivity index (χ2n) is 4.18. The number of aliphatic hydroxyl groups is 1. The minimum atomic E-state index is 0.116. The van der Waals surface area contributed by atoms with Gasteiger partial charge in [0.25, 0.3) is 0 Å². The van der Waals surface area contributed by atoms with E-state index in [0.717, 1.165) is 31.9 Å². The Morgan fingerprint density at radius 3 is 2.69 bits per heavy atom. The van der Waals surface area contributed by atoms with Crippen LogP contribution in [0, 0.1) is 0 Å². The van der Waals surface area contributed by atoms with Crippen LogP contribution in [-0.4, -0.2) is 36.3 Å². The number of hydrogen-bond donors (Lipinski definition) is 1. The van der Waals surface area contributed by atoms with Crippen molar-refractivity contribution >= 4 is 0 Å². The Morgan fingerprint density at radius 1 is 1.31 bits per heavy atom. The summed E-state index contributed by atoms with van der Waals surface area (Å²) in [5.41, 5.74) is 2.26. The minimum absolute atomic E-state index is 0.116. The Hall–Kier alpha value is -0.900. The van der Waals surface area contributed by atoms with Gasteiger partial charge in [-0.2, -0.15) is 0 Å². The van der Waals surface area contributed by atoms with Gasteiger partial charge in [0.2, 0.25) is 0 Å². The zero-order chi connectivity index (χ0) is 11.4. The molecule has 3 heteroatoms. The number of morpholine rings is 1. The van der Waals surface area contributed by atoms with Crippen molar-refractivity contribution in [3.05, 3.63) is 35.4 Å². The number of benzene rings is 1. The molecule has 3 nitrogen and oxygen atoms in total. The number of nitrogens with zero attached hydrogens (tertiary/aromatic N) is 1. The zero-order valence-electron chi connectivity index (χ0n) is 9.72. The van der Waals surface area contributed by atoms with Crippen molar-refractivity contribution in [3.8, 4) is 0 Å². The molecule has 16 heavy (non-hydrogen) atoms. The fraction of sp³-hybridized carbons (Fsp3) is 0.538. The van der Waals surface area contributed by atoms with Crippen LogP contribution in [-0.2, 0) is 11.3 Å². The Balaban J connectivity index is 2.15. The largest absolute Gasteiger partial charge is 0.392 e. The van der Waals surface area contributed by atoms with Crippen LogP contribution in [0.25, 0.3) is 0 Å². The van der Waals surface area contributed by atoms with E-state index in [1.165, 1.54) is 5.56 Å². The van der Waals surface area contributed by atoms with E-state index < -0.39 is 0 Å². The summed E-state index contributed by atoms with van der Waals surface area (Å²) in [7, 11) is 0. The smallest absolute Gasteiger partial charge is 0.0685 e. The summed E-state index contributed by atoms with van der Waals surface area (Å²) >= 11 is 0. The topological polar surface area (TPSA) is 32.7 Å². The van der Waals surface area contributed by atoms with Crippen molar-refractivity contribution in [3.63, 3.8) is 0 Å². The van der Waals surface area contributed by atoms with Crippen molar-refractivity contribution in [1.82, 2.24) is 4.90 Å². The van der Waals surface area contributed by atoms with E-state index in [2.05, 4.69) is 17.9 Å². The Morgan fingerprint density at radius 2 is 2.00 bits per heavy atom. The van der Waals surface area contributed by atoms with Gasteiger partial charge in [0.1, 0.15) is 0 Å². The zero-order valence-corrected chi connectivity index (χ0v) is 9.72. The first-order valence-electron chi connectivity index (χ1n) is 5.83. The van der Waals surface area contributed by atoms with Gasteiger partial charge in [-0.15, -0.1) is 0 Å². The third-order valence-corrected chi connectivity index (χ3v) is 3.27. The highest BCUT2D eigenvalue weighted by molar-refractivity contribution is 5.29. The van der Waals surface area contributed by atoms with Gasteiger partial charge < -0.3 is 9.84 Å². The fourth-order valence-electron chi connectivity index (χ4n) is 2.25. The molecular weight excluding hydrogens is 202 g/mol. The Kier molecular flexibility index (Phi) is 3.93. The molecule has 1 saturated heterocycles. The molecule has 0 radical (unpaired) electrons. The van der Waals surface area contributed by atoms with Crippen LogP contribution in [0.4, 0.5) is 0 Å². The van der Waals surface area contributed by atoms with E-state index in [1.807, 2.05) is 18.2 Å². The van der Waals surface area contributed by atoms with Crippen molar-refractivity contribution in [2.24, 2.45) is 0 Å². The molecule has 0 amide bonds. The van der Waals surface area contributed by atoms with Crippen LogP contribution in [0.5, 0.6) is 0 Å². The van der Waals surface area contributed by atoms with Gasteiger partial charge in [0.05, 0.1) is 19.8 Å². The number of rotatable bonds is 3. The maximum Gasteiger partial charge on any atom is 0.0685 e. The van der Waals surface area contributed by atoms with Crippen LogP contribution in [0.3, 0.4) is 0 Å². The summed E-state index contributed by atoms with van der Waals surface area (Å²) in [5, 5.41) is 9.32. The quantitative estimate of drug-likeness (QED) is 0.841. The summed E-state index contributed by atoms with van der Waals surface area (Å²) in [4.78, 5) is 2.40. The van der Waals surface area contributed by atoms with Crippen LogP contribution >= 0.6 is 0 Å². The SMILES string of the molecule is CC(c1ccccc1CO)N1CCOCC1. The molecule has 0 aliphatic carbocycles. The number of aliphatic hydroxyl groups excluding tert-OH is 1. The van der Waals surface area contributed by atoms with Gasteiger partial charge in [-0.3, -0.25) is 4.90 Å². The Labute approximate surface area is 96.6 Å². The average molecular weight is 221 g/mol. The molecule has 0 saturated carbocycles. The fourth-order valence-corrected chi connectivity index (χ4v) is 2.25. The molecule has 1 unspecified atom stereocenters. The van der Waals surface area contributed by atoms with E-state index in [-0.39, 0.29) is 6.61 Å². The molecule has 1 N–H and O–H groups in total. The van der Waals surface area contributed by atoms with Gasteiger partial charge in [-0.1, -0.05) is 24.3 Å². The summed E-state index contributed by atoms with van der Waals surface area (Å²) in [6.45, 7) is 5.88. The van der Waals surface area contributed by atoms with Gasteiger partial charge in [0, 0.05) is 19.1 Å². The monoisotopic (exact) mass is 221 g/mol. The van der Waals surface area contributed by atoms with Crippen LogP contribution in [0.1, 0.15) is 24.1 Å². The highest BCUT2D eigenvalue weighted by atomic mass is 16.5. The Bertz CT molecular complexity index is 334. The van der Waals surface area contributed by atoms with Crippen molar-refractivity contribution in [2.75, 3.05) is 26.3 Å². The molecule has 0 bridgehead atoms. The van der Waals surface area contributed by atoms with E-state index in [4.69, 9.17) is 4.74 Å². The maximum atomic E-state index is 9.32. The number of hydrogen-bond acceptors (Lipinski definition) is 3. The first-order chi connectivity index (χ1) is 7.83. The molecule has 2 rings (SSSR count). The average Bonchev–Trinajstić information content (AvgIpc) is 2.39. The lowest BCUT2D eigenvalue weighted by Crippen LogP contribution is -2.38. The molecule has 1 heterocycles. The summed E-state index contributed by atoms with van der Waals surface area (Å²) in [6, 6.07) is 8.46. The van der Waals surface area contributed by atoms with Gasteiger partial charge in [-0.25, -0.2) is 0 Å². The predicted molar refractivity (Wildman–Crippen MR) is 63.2 cm³/mol. The normalized spacial score (nSPS) is 19.6. The first kappa shape index (κ1) is 11.6. The molecule has 88 valence electrons. The molecule has 1 aliphatic rings. The van der Waals surface area contributed by atoms with E-state index in [9.17, 15) is 5.11 Å². The van der Waals surface area contributed by atoms with E-state index >= 15 is 0 Å². The van der Waals surface area contributed by atoms with Crippen molar-refractivity contribution in [1.29, 1.82) is 0 Å². The second-order valence-corrected chi connectivity index (χ2v) is 4.18. The highest BCUT2D eigenvalue weighted by Crippen LogP contribution is 2.24. The highest BCUT2D eigenvalue weighted by Gasteiger charge is 2.19. The molecule has 1 fully saturated rings. The summed E-state index contributed by atoms with van der Waals surface area (Å²) < 4.78 is 5.35. The lowest BCUT2D eigenvalue weighted by atomic mass is 10.0. The van der Waals surface area contributed by atoms with Gasteiger partial charge in [-0.05, 0) is 18.1 Å². The standard InChI is InChI=1S/C13H19NO2/c1-11(14-6-8-16-9-7-14)13-5-3-2-4-12(13)10-15/h2-5,11,15H,6-10H2,1H3. The molecule has 1 aromatic rings. The van der Waals surface area contributed by atoms with Crippen LogP contribution < -0.4 is 0 Å². The molecule has 1 aromatic carbocycles. The van der Waals surface area contributed by atoms with Crippen molar-refractivity contribution in [2.45, 2.75) is 19.6 Å². The molecule has 0 aromatic heterocycles. The minimum Gasteiger partial charge on any atom is -0.392 e. The lowest BCUT2D eigenvalue weighted by Gasteiger charge is -2.33. The number of ether oxygens (including phenoxy) is 1. The summed E-state index contributed by atoms with van der Waals surface area (Å²) in [6.07, 6.45) is 0. The van der Waals surface area contributed by atoms with Crippen LogP contribution in [0.2, 0.25) is 0 Å². The first-order valence-corrected chi connectivity index (χ1v) is 5.83. The predicted octanol–water partition coefficient (Wildman–Crippen LogP) is 1.57.